The molecule has 9 atom stereocenters. The summed E-state index contributed by atoms with van der Waals surface area (Å²) >= 11 is 0. The molecule has 0 aromatic heterocycles. The van der Waals surface area contributed by atoms with E-state index in [1.807, 2.05) is 13.0 Å². The van der Waals surface area contributed by atoms with Crippen molar-refractivity contribution >= 4 is 5.78 Å². The van der Waals surface area contributed by atoms with Crippen LogP contribution in [0.1, 0.15) is 46.5 Å². The van der Waals surface area contributed by atoms with Crippen LogP contribution in [0.15, 0.2) is 23.8 Å². The number of ketones is 1. The van der Waals surface area contributed by atoms with Gasteiger partial charge in [0.25, 0.3) is 0 Å². The molecule has 1 heterocycles. The summed E-state index contributed by atoms with van der Waals surface area (Å²) in [6.07, 6.45) is 10.9. The van der Waals surface area contributed by atoms with Crippen molar-refractivity contribution in [3.8, 4) is 0 Å². The van der Waals surface area contributed by atoms with Crippen LogP contribution < -0.4 is 0 Å². The molecule has 3 nitrogen and oxygen atoms in total. The Morgan fingerprint density at radius 1 is 1.25 bits per heavy atom. The van der Waals surface area contributed by atoms with E-state index in [2.05, 4.69) is 26.0 Å². The molecule has 1 saturated heterocycles. The lowest BCUT2D eigenvalue weighted by atomic mass is 9.48. The third kappa shape index (κ3) is 1.68. The molecule has 0 amide bonds. The summed E-state index contributed by atoms with van der Waals surface area (Å²) in [5, 5.41) is 10.3. The number of rotatable bonds is 1. The molecule has 4 aliphatic carbocycles. The van der Waals surface area contributed by atoms with Gasteiger partial charge < -0.3 is 9.84 Å². The Hall–Kier alpha value is -0.930. The molecule has 3 unspecified atom stereocenters. The van der Waals surface area contributed by atoms with Crippen molar-refractivity contribution in [3.05, 3.63) is 23.8 Å². The lowest BCUT2D eigenvalue weighted by molar-refractivity contribution is -0.116. The Morgan fingerprint density at radius 2 is 2.04 bits per heavy atom. The van der Waals surface area contributed by atoms with Gasteiger partial charge in [-0.05, 0) is 73.3 Å². The molecule has 24 heavy (non-hydrogen) atoms. The van der Waals surface area contributed by atoms with E-state index >= 15 is 0 Å². The summed E-state index contributed by atoms with van der Waals surface area (Å²) < 4.78 is 5.83. The minimum Gasteiger partial charge on any atom is -0.393 e. The van der Waals surface area contributed by atoms with Crippen LogP contribution in [-0.2, 0) is 9.53 Å². The highest BCUT2D eigenvalue weighted by molar-refractivity contribution is 5.98. The van der Waals surface area contributed by atoms with Crippen molar-refractivity contribution in [2.45, 2.75) is 64.8 Å². The number of carbonyl (C=O) groups excluding carboxylic acids is 1. The topological polar surface area (TPSA) is 49.8 Å². The van der Waals surface area contributed by atoms with Crippen molar-refractivity contribution in [1.82, 2.24) is 0 Å². The summed E-state index contributed by atoms with van der Waals surface area (Å²) in [6, 6.07) is 0. The predicted molar refractivity (Wildman–Crippen MR) is 91.2 cm³/mol. The quantitative estimate of drug-likeness (QED) is 0.752. The van der Waals surface area contributed by atoms with Gasteiger partial charge in [-0.25, -0.2) is 0 Å². The normalized spacial score (nSPS) is 55.8. The molecule has 0 aromatic carbocycles. The van der Waals surface area contributed by atoms with Crippen molar-refractivity contribution in [1.29, 1.82) is 0 Å². The van der Waals surface area contributed by atoms with E-state index in [1.54, 1.807) is 0 Å². The van der Waals surface area contributed by atoms with E-state index in [1.165, 1.54) is 24.8 Å². The lowest BCUT2D eigenvalue weighted by Crippen LogP contribution is -2.52. The van der Waals surface area contributed by atoms with Gasteiger partial charge in [-0.3, -0.25) is 4.79 Å². The molecule has 0 radical (unpaired) electrons. The largest absolute Gasteiger partial charge is 0.393 e. The van der Waals surface area contributed by atoms with Crippen molar-refractivity contribution in [3.63, 3.8) is 0 Å². The zero-order valence-corrected chi connectivity index (χ0v) is 14.9. The van der Waals surface area contributed by atoms with Crippen LogP contribution in [0, 0.1) is 34.5 Å². The number of carbonyl (C=O) groups is 1. The van der Waals surface area contributed by atoms with Crippen molar-refractivity contribution < 1.29 is 14.6 Å². The number of fused-ring (bicyclic) bond motifs is 7. The summed E-state index contributed by atoms with van der Waals surface area (Å²) in [5.41, 5.74) is 1.45. The molecule has 5 aliphatic rings. The summed E-state index contributed by atoms with van der Waals surface area (Å²) in [6.45, 7) is 6.72. The van der Waals surface area contributed by atoms with Crippen LogP contribution in [-0.4, -0.2) is 29.2 Å². The number of aliphatic hydroxyl groups excluding tert-OH is 1. The second-order valence-electron chi connectivity index (χ2n) is 9.38. The van der Waals surface area contributed by atoms with Crippen LogP contribution in [0.4, 0.5) is 0 Å². The Balaban J connectivity index is 1.55. The third-order valence-electron chi connectivity index (χ3n) is 8.54. The first-order valence-corrected chi connectivity index (χ1v) is 9.65. The van der Waals surface area contributed by atoms with Gasteiger partial charge in [0, 0.05) is 5.41 Å². The minimum absolute atomic E-state index is 0.00222. The summed E-state index contributed by atoms with van der Waals surface area (Å²) in [5.74, 6) is 2.38. The van der Waals surface area contributed by atoms with E-state index in [4.69, 9.17) is 4.74 Å². The molecule has 1 N–H and O–H groups in total. The molecule has 5 rings (SSSR count). The van der Waals surface area contributed by atoms with Gasteiger partial charge in [0.1, 0.15) is 12.2 Å². The van der Waals surface area contributed by atoms with Gasteiger partial charge in [-0.2, -0.15) is 0 Å². The SMILES string of the molecule is CC(O)[C@H]1CC[C@H]2[C@@H]3C=CC4=CC(=O)C5OC5[C@]4(C)[C@H]3CC[C@]12C. The third-order valence-corrected chi connectivity index (χ3v) is 8.54. The second-order valence-corrected chi connectivity index (χ2v) is 9.38. The maximum Gasteiger partial charge on any atom is 0.187 e. The van der Waals surface area contributed by atoms with E-state index < -0.39 is 0 Å². The number of aliphatic hydroxyl groups is 1. The molecular formula is C21H28O3. The summed E-state index contributed by atoms with van der Waals surface area (Å²) in [4.78, 5) is 12.1. The maximum absolute atomic E-state index is 12.1. The zero-order valence-electron chi connectivity index (χ0n) is 14.9. The molecule has 0 bridgehead atoms. The zero-order chi connectivity index (χ0) is 16.9. The number of hydrogen-bond donors (Lipinski definition) is 1. The van der Waals surface area contributed by atoms with Crippen LogP contribution in [0.5, 0.6) is 0 Å². The Bertz CT molecular complexity index is 662. The number of ether oxygens (including phenoxy) is 1. The Kier molecular flexibility index (Phi) is 2.95. The average molecular weight is 328 g/mol. The fraction of sp³-hybridized carbons (Fsp3) is 0.762. The van der Waals surface area contributed by atoms with Gasteiger partial charge in [-0.15, -0.1) is 0 Å². The molecule has 130 valence electrons. The van der Waals surface area contributed by atoms with E-state index in [0.717, 1.165) is 6.42 Å². The van der Waals surface area contributed by atoms with Crippen molar-refractivity contribution in [2.24, 2.45) is 34.5 Å². The fourth-order valence-electron chi connectivity index (χ4n) is 7.20. The van der Waals surface area contributed by atoms with Crippen LogP contribution in [0.3, 0.4) is 0 Å². The van der Waals surface area contributed by atoms with Gasteiger partial charge in [0.15, 0.2) is 5.78 Å². The molecule has 0 aromatic rings. The Morgan fingerprint density at radius 3 is 2.79 bits per heavy atom. The minimum atomic E-state index is -0.210. The smallest absolute Gasteiger partial charge is 0.187 e. The molecule has 2 saturated carbocycles. The van der Waals surface area contributed by atoms with Gasteiger partial charge >= 0.3 is 0 Å². The first-order valence-electron chi connectivity index (χ1n) is 9.65. The lowest BCUT2D eigenvalue weighted by Gasteiger charge is -2.55. The highest BCUT2D eigenvalue weighted by Crippen LogP contribution is 2.67. The van der Waals surface area contributed by atoms with Gasteiger partial charge in [0.2, 0.25) is 0 Å². The first kappa shape index (κ1) is 15.3. The standard InChI is InChI=1S/C21H28O3/c1-11(22)14-6-7-15-13-5-4-12-10-17(23)18-19(24-18)21(12,3)16(13)8-9-20(14,15)2/h4-5,10-11,13-16,18-19,22H,6-9H2,1-3H3/t11?,13-,14+,15-,16-,18?,19?,20+,21-/m0/s1. The molecule has 3 heteroatoms. The average Bonchev–Trinajstić information content (AvgIpc) is 3.26. The maximum atomic E-state index is 12.1. The first-order chi connectivity index (χ1) is 11.4. The summed E-state index contributed by atoms with van der Waals surface area (Å²) in [7, 11) is 0. The number of allylic oxidation sites excluding steroid dienone is 2. The monoisotopic (exact) mass is 328 g/mol. The fourth-order valence-corrected chi connectivity index (χ4v) is 7.20. The van der Waals surface area contributed by atoms with Gasteiger partial charge in [0.05, 0.1) is 6.10 Å². The highest BCUT2D eigenvalue weighted by Gasteiger charge is 2.66. The van der Waals surface area contributed by atoms with Crippen molar-refractivity contribution in [2.75, 3.05) is 0 Å². The second kappa shape index (κ2) is 4.62. The Labute approximate surface area is 144 Å². The van der Waals surface area contributed by atoms with Crippen LogP contribution >= 0.6 is 0 Å². The molecule has 1 aliphatic heterocycles. The highest BCUT2D eigenvalue weighted by atomic mass is 16.6. The number of hydrogen-bond acceptors (Lipinski definition) is 3. The van der Waals surface area contributed by atoms with E-state index in [0.29, 0.717) is 23.7 Å². The molecular weight excluding hydrogens is 300 g/mol. The molecule has 3 fully saturated rings. The van der Waals surface area contributed by atoms with Crippen LogP contribution in [0.2, 0.25) is 0 Å². The van der Waals surface area contributed by atoms with Crippen LogP contribution in [0.25, 0.3) is 0 Å². The predicted octanol–water partition coefficient (Wildman–Crippen LogP) is 3.28. The van der Waals surface area contributed by atoms with Gasteiger partial charge in [-0.1, -0.05) is 26.0 Å². The van der Waals surface area contributed by atoms with E-state index in [9.17, 15) is 9.90 Å². The van der Waals surface area contributed by atoms with E-state index in [-0.39, 0.29) is 34.9 Å². The number of epoxide rings is 1. The molecule has 0 spiro atoms.